The normalized spacial score (nSPS) is 10.9. The molecule has 6 heteroatoms. The number of aromatic nitrogens is 1. The zero-order valence-corrected chi connectivity index (χ0v) is 10.9. The predicted molar refractivity (Wildman–Crippen MR) is 62.8 cm³/mol. The molecule has 3 nitrogen and oxygen atoms in total. The van der Waals surface area contributed by atoms with Gasteiger partial charge in [0.05, 0.1) is 0 Å². The molecule has 0 radical (unpaired) electrons. The molecule has 0 saturated carbocycles. The molecule has 18 heavy (non-hydrogen) atoms. The average Bonchev–Trinajstić information content (AvgIpc) is 2.27. The van der Waals surface area contributed by atoms with E-state index in [0.717, 1.165) is 5.56 Å². The van der Waals surface area contributed by atoms with Gasteiger partial charge in [-0.3, -0.25) is 0 Å². The van der Waals surface area contributed by atoms with E-state index in [9.17, 15) is 13.2 Å². The van der Waals surface area contributed by atoms with Crippen LogP contribution in [-0.4, -0.2) is 32.0 Å². The number of hydrogen-bond donors (Lipinski definition) is 0. The number of alkyl halides is 3. The fourth-order valence-electron chi connectivity index (χ4n) is 0.974. The minimum Gasteiger partial charge on any atom is -0.468 e. The number of methoxy groups -OCH3 is 1. The molecule has 0 aliphatic carbocycles. The molecule has 0 aliphatic heterocycles. The Bertz CT molecular complexity index is 323. The number of hydrogen-bond acceptors (Lipinski definition) is 3. The molecule has 0 unspecified atom stereocenters. The van der Waals surface area contributed by atoms with Gasteiger partial charge in [0.1, 0.15) is 0 Å². The van der Waals surface area contributed by atoms with E-state index in [1.54, 1.807) is 20.3 Å². The van der Waals surface area contributed by atoms with Crippen LogP contribution < -0.4 is 4.74 Å². The first-order valence-corrected chi connectivity index (χ1v) is 5.35. The molecule has 1 aromatic heterocycles. The lowest BCUT2D eigenvalue weighted by atomic mass is 10.1. The summed E-state index contributed by atoms with van der Waals surface area (Å²) >= 11 is 0. The topological polar surface area (TPSA) is 31.4 Å². The van der Waals surface area contributed by atoms with E-state index in [4.69, 9.17) is 0 Å². The van der Waals surface area contributed by atoms with Crippen molar-refractivity contribution in [2.24, 2.45) is 0 Å². The summed E-state index contributed by atoms with van der Waals surface area (Å²) in [7, 11) is 3.25. The number of ether oxygens (including phenoxy) is 2. The summed E-state index contributed by atoms with van der Waals surface area (Å²) in [5.41, 5.74) is 0.967. The molecule has 0 atom stereocenters. The standard InChI is InChI=1S/C10H12F3NO.C2H6O/c1-7(2)8-3-4-9(14-5-8)15-6-10(11,12)13;1-3-2/h3-5,7H,6H2,1-2H3;1-2H3. The molecule has 0 saturated heterocycles. The third-order valence-corrected chi connectivity index (χ3v) is 1.81. The number of nitrogens with zero attached hydrogens (tertiary/aromatic N) is 1. The van der Waals surface area contributed by atoms with E-state index < -0.39 is 12.8 Å². The minimum atomic E-state index is -4.32. The Hall–Kier alpha value is -1.30. The van der Waals surface area contributed by atoms with Crippen molar-refractivity contribution in [1.29, 1.82) is 0 Å². The molecule has 0 amide bonds. The van der Waals surface area contributed by atoms with Crippen LogP contribution in [0.5, 0.6) is 5.88 Å². The van der Waals surface area contributed by atoms with Gasteiger partial charge in [-0.15, -0.1) is 0 Å². The van der Waals surface area contributed by atoms with Crippen molar-refractivity contribution in [3.8, 4) is 5.88 Å². The van der Waals surface area contributed by atoms with Gasteiger partial charge < -0.3 is 9.47 Å². The van der Waals surface area contributed by atoms with Crippen LogP contribution in [0, 0.1) is 0 Å². The maximum Gasteiger partial charge on any atom is 0.422 e. The molecule has 0 fully saturated rings. The van der Waals surface area contributed by atoms with Crippen LogP contribution in [0.25, 0.3) is 0 Å². The molecule has 1 heterocycles. The van der Waals surface area contributed by atoms with Crippen LogP contribution in [0.1, 0.15) is 25.3 Å². The third kappa shape index (κ3) is 7.89. The van der Waals surface area contributed by atoms with E-state index in [1.807, 2.05) is 13.8 Å². The van der Waals surface area contributed by atoms with Crippen LogP contribution in [-0.2, 0) is 4.74 Å². The fourth-order valence-corrected chi connectivity index (χ4v) is 0.974. The van der Waals surface area contributed by atoms with Gasteiger partial charge in [0.2, 0.25) is 5.88 Å². The van der Waals surface area contributed by atoms with Crippen molar-refractivity contribution >= 4 is 0 Å². The largest absolute Gasteiger partial charge is 0.468 e. The quantitative estimate of drug-likeness (QED) is 0.839. The summed E-state index contributed by atoms with van der Waals surface area (Å²) in [6, 6.07) is 3.16. The molecule has 0 aliphatic rings. The number of rotatable bonds is 3. The second-order valence-corrected chi connectivity index (χ2v) is 3.90. The van der Waals surface area contributed by atoms with Crippen molar-refractivity contribution in [2.45, 2.75) is 25.9 Å². The zero-order chi connectivity index (χ0) is 14.2. The Labute approximate surface area is 105 Å². The molecule has 1 aromatic rings. The third-order valence-electron chi connectivity index (χ3n) is 1.81. The van der Waals surface area contributed by atoms with Crippen LogP contribution >= 0.6 is 0 Å². The SMILES string of the molecule is CC(C)c1ccc(OCC(F)(F)F)nc1.COC. The molecular weight excluding hydrogens is 247 g/mol. The first-order chi connectivity index (χ1) is 8.30. The molecule has 0 spiro atoms. The molecule has 0 N–H and O–H groups in total. The second kappa shape index (κ2) is 7.92. The Kier molecular flexibility index (Phi) is 7.35. The Morgan fingerprint density at radius 2 is 1.78 bits per heavy atom. The van der Waals surface area contributed by atoms with Crippen LogP contribution in [0.3, 0.4) is 0 Å². The molecule has 1 rings (SSSR count). The average molecular weight is 265 g/mol. The number of pyridine rings is 1. The van der Waals surface area contributed by atoms with E-state index in [-0.39, 0.29) is 5.88 Å². The first-order valence-electron chi connectivity index (χ1n) is 5.35. The summed E-state index contributed by atoms with van der Waals surface area (Å²) in [6.07, 6.45) is -2.80. The van der Waals surface area contributed by atoms with Gasteiger partial charge in [0.15, 0.2) is 6.61 Å². The van der Waals surface area contributed by atoms with Gasteiger partial charge in [-0.1, -0.05) is 19.9 Å². The van der Waals surface area contributed by atoms with E-state index in [2.05, 4.69) is 14.5 Å². The highest BCUT2D eigenvalue weighted by Crippen LogP contribution is 2.19. The highest BCUT2D eigenvalue weighted by Gasteiger charge is 2.28. The van der Waals surface area contributed by atoms with Crippen molar-refractivity contribution in [3.05, 3.63) is 23.9 Å². The lowest BCUT2D eigenvalue weighted by Crippen LogP contribution is -2.19. The van der Waals surface area contributed by atoms with Crippen molar-refractivity contribution in [1.82, 2.24) is 4.98 Å². The van der Waals surface area contributed by atoms with Gasteiger partial charge >= 0.3 is 6.18 Å². The van der Waals surface area contributed by atoms with Crippen molar-refractivity contribution in [2.75, 3.05) is 20.8 Å². The zero-order valence-electron chi connectivity index (χ0n) is 10.9. The minimum absolute atomic E-state index is 0.00303. The van der Waals surface area contributed by atoms with Crippen molar-refractivity contribution in [3.63, 3.8) is 0 Å². The van der Waals surface area contributed by atoms with E-state index >= 15 is 0 Å². The van der Waals surface area contributed by atoms with Gasteiger partial charge in [-0.2, -0.15) is 13.2 Å². The Morgan fingerprint density at radius 1 is 1.22 bits per heavy atom. The Morgan fingerprint density at radius 3 is 2.11 bits per heavy atom. The van der Waals surface area contributed by atoms with Gasteiger partial charge in [-0.25, -0.2) is 4.98 Å². The fraction of sp³-hybridized carbons (Fsp3) is 0.583. The Balaban J connectivity index is 0.000000873. The lowest BCUT2D eigenvalue weighted by molar-refractivity contribution is -0.154. The van der Waals surface area contributed by atoms with Gasteiger partial charge in [-0.05, 0) is 11.5 Å². The maximum atomic E-state index is 11.8. The monoisotopic (exact) mass is 265 g/mol. The van der Waals surface area contributed by atoms with E-state index in [1.165, 1.54) is 12.3 Å². The summed E-state index contributed by atoms with van der Waals surface area (Å²) < 4.78 is 44.1. The second-order valence-electron chi connectivity index (χ2n) is 3.90. The summed E-state index contributed by atoms with van der Waals surface area (Å²) in [5.74, 6) is 0.297. The van der Waals surface area contributed by atoms with Gasteiger partial charge in [0, 0.05) is 26.5 Å². The molecular formula is C12H18F3NO2. The van der Waals surface area contributed by atoms with Crippen LogP contribution in [0.2, 0.25) is 0 Å². The summed E-state index contributed by atoms with van der Waals surface area (Å²) in [4.78, 5) is 3.78. The predicted octanol–water partition coefficient (Wildman–Crippen LogP) is 3.41. The maximum absolute atomic E-state index is 11.8. The summed E-state index contributed by atoms with van der Waals surface area (Å²) in [5, 5.41) is 0. The summed E-state index contributed by atoms with van der Waals surface area (Å²) in [6.45, 7) is 2.65. The van der Waals surface area contributed by atoms with E-state index in [0.29, 0.717) is 5.92 Å². The van der Waals surface area contributed by atoms with Crippen molar-refractivity contribution < 1.29 is 22.6 Å². The molecule has 0 bridgehead atoms. The highest BCUT2D eigenvalue weighted by molar-refractivity contribution is 5.20. The number of halogens is 3. The first kappa shape index (κ1) is 16.7. The molecule has 0 aromatic carbocycles. The smallest absolute Gasteiger partial charge is 0.422 e. The molecule has 104 valence electrons. The lowest BCUT2D eigenvalue weighted by Gasteiger charge is -2.09. The highest BCUT2D eigenvalue weighted by atomic mass is 19.4. The van der Waals surface area contributed by atoms with Gasteiger partial charge in [0.25, 0.3) is 0 Å². The van der Waals surface area contributed by atoms with Crippen LogP contribution in [0.15, 0.2) is 18.3 Å². The van der Waals surface area contributed by atoms with Crippen LogP contribution in [0.4, 0.5) is 13.2 Å².